The van der Waals surface area contributed by atoms with E-state index in [2.05, 4.69) is 15.9 Å². The smallest absolute Gasteiger partial charge is 0.338 e. The molecule has 0 saturated carbocycles. The Labute approximate surface area is 171 Å². The highest BCUT2D eigenvalue weighted by Crippen LogP contribution is 2.28. The van der Waals surface area contributed by atoms with E-state index in [1.54, 1.807) is 48.5 Å². The molecule has 1 aliphatic rings. The van der Waals surface area contributed by atoms with Crippen LogP contribution in [0.3, 0.4) is 0 Å². The van der Waals surface area contributed by atoms with Gasteiger partial charge in [-0.1, -0.05) is 52.3 Å². The summed E-state index contributed by atoms with van der Waals surface area (Å²) < 4.78 is 22.5. The quantitative estimate of drug-likeness (QED) is 0.496. The maximum Gasteiger partial charge on any atom is 0.338 e. The molecule has 28 heavy (non-hydrogen) atoms. The van der Waals surface area contributed by atoms with Gasteiger partial charge in [-0.2, -0.15) is 0 Å². The molecule has 0 amide bonds. The van der Waals surface area contributed by atoms with E-state index in [1.165, 1.54) is 7.11 Å². The van der Waals surface area contributed by atoms with Gasteiger partial charge in [0, 0.05) is 18.9 Å². The zero-order chi connectivity index (χ0) is 19.9. The Balaban J connectivity index is 1.79. The SMILES string of the molecule is CO[C@@H]1C[C@H](OC(=O)c2ccccc2)[C@H](OC(=O)c2ccccc2)[C@H](CBr)O1. The van der Waals surface area contributed by atoms with E-state index in [4.69, 9.17) is 18.9 Å². The van der Waals surface area contributed by atoms with Crippen LogP contribution >= 0.6 is 15.9 Å². The lowest BCUT2D eigenvalue weighted by molar-refractivity contribution is -0.235. The lowest BCUT2D eigenvalue weighted by Gasteiger charge is -2.39. The van der Waals surface area contributed by atoms with E-state index < -0.39 is 36.5 Å². The number of benzene rings is 2. The number of esters is 2. The van der Waals surface area contributed by atoms with Crippen molar-refractivity contribution >= 4 is 27.9 Å². The molecule has 7 heteroatoms. The van der Waals surface area contributed by atoms with Gasteiger partial charge < -0.3 is 18.9 Å². The van der Waals surface area contributed by atoms with Crippen molar-refractivity contribution in [2.45, 2.75) is 31.0 Å². The third kappa shape index (κ3) is 4.98. The fourth-order valence-electron chi connectivity index (χ4n) is 2.98. The Kier molecular flexibility index (Phi) is 7.19. The minimum atomic E-state index is -0.772. The van der Waals surface area contributed by atoms with Crippen LogP contribution in [0, 0.1) is 0 Å². The van der Waals surface area contributed by atoms with Gasteiger partial charge in [0.15, 0.2) is 12.4 Å². The summed E-state index contributed by atoms with van der Waals surface area (Å²) in [5.74, 6) is -0.992. The molecule has 2 aromatic rings. The summed E-state index contributed by atoms with van der Waals surface area (Å²) in [5, 5.41) is 0.388. The molecule has 4 atom stereocenters. The van der Waals surface area contributed by atoms with Crippen molar-refractivity contribution in [2.24, 2.45) is 0 Å². The largest absolute Gasteiger partial charge is 0.455 e. The van der Waals surface area contributed by atoms with Gasteiger partial charge in [-0.05, 0) is 24.3 Å². The summed E-state index contributed by atoms with van der Waals surface area (Å²) in [5.41, 5.74) is 0.837. The van der Waals surface area contributed by atoms with E-state index in [0.717, 1.165) is 0 Å². The first-order valence-electron chi connectivity index (χ1n) is 8.88. The molecule has 0 aromatic heterocycles. The fraction of sp³-hybridized carbons (Fsp3) is 0.333. The van der Waals surface area contributed by atoms with Gasteiger partial charge in [0.05, 0.1) is 11.1 Å². The van der Waals surface area contributed by atoms with Crippen LogP contribution in [-0.4, -0.2) is 49.0 Å². The van der Waals surface area contributed by atoms with Gasteiger partial charge in [-0.3, -0.25) is 0 Å². The molecule has 1 saturated heterocycles. The van der Waals surface area contributed by atoms with Gasteiger partial charge in [-0.25, -0.2) is 9.59 Å². The summed E-state index contributed by atoms with van der Waals surface area (Å²) in [6.45, 7) is 0. The van der Waals surface area contributed by atoms with Crippen LogP contribution < -0.4 is 0 Å². The number of halogens is 1. The molecular weight excluding hydrogens is 428 g/mol. The second-order valence-electron chi connectivity index (χ2n) is 6.28. The minimum absolute atomic E-state index is 0.255. The standard InChI is InChI=1S/C21H21BrO6/c1-25-18-12-16(27-20(23)14-8-4-2-5-9-14)19(17(13-22)26-18)28-21(24)15-10-6-3-7-11-15/h2-11,16-19H,12-13H2,1H3/t16-,17-,18-,19-/m0/s1. The van der Waals surface area contributed by atoms with Crippen LogP contribution in [0.4, 0.5) is 0 Å². The number of carbonyl (C=O) groups excluding carboxylic acids is 2. The Morgan fingerprint density at radius 3 is 2.00 bits per heavy atom. The first-order valence-corrected chi connectivity index (χ1v) is 10.0. The van der Waals surface area contributed by atoms with E-state index in [9.17, 15) is 9.59 Å². The highest BCUT2D eigenvalue weighted by molar-refractivity contribution is 9.09. The normalized spacial score (nSPS) is 24.4. The number of hydrogen-bond acceptors (Lipinski definition) is 6. The van der Waals surface area contributed by atoms with E-state index >= 15 is 0 Å². The molecule has 3 rings (SSSR count). The minimum Gasteiger partial charge on any atom is -0.455 e. The number of rotatable bonds is 6. The second kappa shape index (κ2) is 9.82. The molecule has 1 fully saturated rings. The summed E-state index contributed by atoms with van der Waals surface area (Å²) in [4.78, 5) is 25.1. The van der Waals surface area contributed by atoms with Crippen molar-refractivity contribution in [3.05, 3.63) is 71.8 Å². The Hall–Kier alpha value is -2.22. The van der Waals surface area contributed by atoms with Crippen molar-refractivity contribution in [2.75, 3.05) is 12.4 Å². The van der Waals surface area contributed by atoms with Crippen LogP contribution in [-0.2, 0) is 18.9 Å². The van der Waals surface area contributed by atoms with Gasteiger partial charge in [-0.15, -0.1) is 0 Å². The molecule has 0 spiro atoms. The lowest BCUT2D eigenvalue weighted by atomic mass is 10.0. The average molecular weight is 449 g/mol. The summed E-state index contributed by atoms with van der Waals surface area (Å²) in [6.07, 6.45) is -2.32. The second-order valence-corrected chi connectivity index (χ2v) is 6.92. The van der Waals surface area contributed by atoms with Crippen LogP contribution in [0.1, 0.15) is 27.1 Å². The Morgan fingerprint density at radius 2 is 1.50 bits per heavy atom. The van der Waals surface area contributed by atoms with Crippen molar-refractivity contribution in [1.29, 1.82) is 0 Å². The molecule has 2 aromatic carbocycles. The zero-order valence-electron chi connectivity index (χ0n) is 15.3. The van der Waals surface area contributed by atoms with Gasteiger partial charge in [0.2, 0.25) is 0 Å². The third-order valence-corrected chi connectivity index (χ3v) is 5.06. The molecule has 0 bridgehead atoms. The molecule has 148 valence electrons. The van der Waals surface area contributed by atoms with E-state index in [1.807, 2.05) is 12.1 Å². The molecule has 0 radical (unpaired) electrons. The van der Waals surface area contributed by atoms with Crippen molar-refractivity contribution in [3.63, 3.8) is 0 Å². The van der Waals surface area contributed by atoms with Crippen molar-refractivity contribution in [3.8, 4) is 0 Å². The maximum atomic E-state index is 12.6. The predicted molar refractivity (Wildman–Crippen MR) is 105 cm³/mol. The fourth-order valence-corrected chi connectivity index (χ4v) is 3.50. The highest BCUT2D eigenvalue weighted by Gasteiger charge is 2.43. The predicted octanol–water partition coefficient (Wildman–Crippen LogP) is 3.59. The lowest BCUT2D eigenvalue weighted by Crippen LogP contribution is -2.53. The van der Waals surface area contributed by atoms with Crippen LogP contribution in [0.25, 0.3) is 0 Å². The first-order chi connectivity index (χ1) is 13.6. The average Bonchev–Trinajstić information content (AvgIpc) is 2.75. The molecule has 6 nitrogen and oxygen atoms in total. The maximum absolute atomic E-state index is 12.6. The van der Waals surface area contributed by atoms with Crippen LogP contribution in [0.2, 0.25) is 0 Å². The Bertz CT molecular complexity index is 782. The van der Waals surface area contributed by atoms with Crippen LogP contribution in [0.15, 0.2) is 60.7 Å². The number of carbonyl (C=O) groups is 2. The molecule has 0 aliphatic carbocycles. The first kappa shape index (κ1) is 20.5. The molecule has 0 unspecified atom stereocenters. The number of hydrogen-bond donors (Lipinski definition) is 0. The molecule has 0 N–H and O–H groups in total. The van der Waals surface area contributed by atoms with Crippen LogP contribution in [0.5, 0.6) is 0 Å². The number of alkyl halides is 1. The van der Waals surface area contributed by atoms with Gasteiger partial charge in [0.25, 0.3) is 0 Å². The molecular formula is C21H21BrO6. The van der Waals surface area contributed by atoms with Crippen molar-refractivity contribution in [1.82, 2.24) is 0 Å². The molecule has 1 heterocycles. The number of ether oxygens (including phenoxy) is 4. The Morgan fingerprint density at radius 1 is 0.964 bits per heavy atom. The third-order valence-electron chi connectivity index (χ3n) is 4.42. The monoisotopic (exact) mass is 448 g/mol. The van der Waals surface area contributed by atoms with Gasteiger partial charge >= 0.3 is 11.9 Å². The van der Waals surface area contributed by atoms with E-state index in [0.29, 0.717) is 16.5 Å². The van der Waals surface area contributed by atoms with Crippen molar-refractivity contribution < 1.29 is 28.5 Å². The zero-order valence-corrected chi connectivity index (χ0v) is 16.9. The summed E-state index contributed by atoms with van der Waals surface area (Å²) >= 11 is 3.38. The molecule has 1 aliphatic heterocycles. The topological polar surface area (TPSA) is 71.1 Å². The highest BCUT2D eigenvalue weighted by atomic mass is 79.9. The van der Waals surface area contributed by atoms with Gasteiger partial charge in [0.1, 0.15) is 12.2 Å². The van der Waals surface area contributed by atoms with E-state index in [-0.39, 0.29) is 6.42 Å². The summed E-state index contributed by atoms with van der Waals surface area (Å²) in [7, 11) is 1.52. The number of methoxy groups -OCH3 is 1. The summed E-state index contributed by atoms with van der Waals surface area (Å²) in [6, 6.07) is 17.3.